The molecule has 0 atom stereocenters. The Labute approximate surface area is 205 Å². The van der Waals surface area contributed by atoms with Gasteiger partial charge in [0, 0.05) is 60.4 Å². The Kier molecular flexibility index (Phi) is 6.95. The Bertz CT molecular complexity index is 1260. The van der Waals surface area contributed by atoms with Crippen molar-refractivity contribution >= 4 is 16.6 Å². The largest absolute Gasteiger partial charge is 0.424 e. The van der Waals surface area contributed by atoms with Crippen molar-refractivity contribution in [2.75, 3.05) is 37.6 Å². The molecule has 0 unspecified atom stereocenters. The number of hydrogen-bond acceptors (Lipinski definition) is 5. The number of aromatic nitrogens is 3. The standard InChI is InChI=1S/C28H32FN5O/c1-20-17-21(2)32-28(31-20)35-25-9-7-24(8-10-25)34-15-13-33(14-16-34)12-4-3-5-22-19-30-27-11-6-23(29)18-26(22)27/h6-11,17-19,30H,3-5,12-16H2,1-2H3. The van der Waals surface area contributed by atoms with Crippen LogP contribution in [0.1, 0.15) is 29.8 Å². The summed E-state index contributed by atoms with van der Waals surface area (Å²) < 4.78 is 19.4. The van der Waals surface area contributed by atoms with Gasteiger partial charge in [0.05, 0.1) is 0 Å². The molecule has 182 valence electrons. The molecule has 0 spiro atoms. The van der Waals surface area contributed by atoms with E-state index in [-0.39, 0.29) is 5.82 Å². The van der Waals surface area contributed by atoms with Crippen molar-refractivity contribution in [2.24, 2.45) is 0 Å². The van der Waals surface area contributed by atoms with Crippen LogP contribution in [0.15, 0.2) is 54.7 Å². The van der Waals surface area contributed by atoms with E-state index >= 15 is 0 Å². The maximum atomic E-state index is 13.6. The molecule has 1 fully saturated rings. The predicted octanol–water partition coefficient (Wildman–Crippen LogP) is 5.65. The third kappa shape index (κ3) is 5.80. The molecular weight excluding hydrogens is 441 g/mol. The number of rotatable bonds is 8. The predicted molar refractivity (Wildman–Crippen MR) is 138 cm³/mol. The van der Waals surface area contributed by atoms with Gasteiger partial charge in [-0.15, -0.1) is 0 Å². The van der Waals surface area contributed by atoms with Crippen molar-refractivity contribution in [2.45, 2.75) is 33.1 Å². The maximum absolute atomic E-state index is 13.6. The van der Waals surface area contributed by atoms with E-state index in [4.69, 9.17) is 4.74 Å². The molecule has 0 bridgehead atoms. The average Bonchev–Trinajstić information content (AvgIpc) is 3.24. The van der Waals surface area contributed by atoms with Gasteiger partial charge in [0.2, 0.25) is 0 Å². The number of unbranched alkanes of at least 4 members (excludes halogenated alkanes) is 1. The molecule has 0 saturated carbocycles. The van der Waals surface area contributed by atoms with E-state index < -0.39 is 0 Å². The van der Waals surface area contributed by atoms with Gasteiger partial charge in [-0.05, 0) is 93.7 Å². The molecular formula is C28H32FN5O. The topological polar surface area (TPSA) is 57.3 Å². The SMILES string of the molecule is Cc1cc(C)nc(Oc2ccc(N3CCN(CCCCc4c[nH]c5ccc(F)cc45)CC3)cc2)n1. The number of aromatic amines is 1. The molecule has 0 radical (unpaired) electrons. The van der Waals surface area contributed by atoms with E-state index in [1.165, 1.54) is 17.3 Å². The normalized spacial score (nSPS) is 14.5. The van der Waals surface area contributed by atoms with Crippen molar-refractivity contribution in [3.05, 3.63) is 77.5 Å². The molecule has 0 aliphatic carbocycles. The maximum Gasteiger partial charge on any atom is 0.322 e. The van der Waals surface area contributed by atoms with Gasteiger partial charge in [0.25, 0.3) is 0 Å². The molecule has 3 heterocycles. The number of nitrogens with one attached hydrogen (secondary N) is 1. The first kappa shape index (κ1) is 23.3. The minimum atomic E-state index is -0.172. The summed E-state index contributed by atoms with van der Waals surface area (Å²) in [5, 5.41) is 1.01. The Morgan fingerprint density at radius 2 is 1.66 bits per heavy atom. The quantitative estimate of drug-likeness (QED) is 0.335. The van der Waals surface area contributed by atoms with Crippen LogP contribution in [0.25, 0.3) is 10.9 Å². The van der Waals surface area contributed by atoms with Crippen LogP contribution >= 0.6 is 0 Å². The zero-order valence-corrected chi connectivity index (χ0v) is 20.4. The zero-order valence-electron chi connectivity index (χ0n) is 20.4. The van der Waals surface area contributed by atoms with Crippen molar-refractivity contribution in [3.63, 3.8) is 0 Å². The van der Waals surface area contributed by atoms with Gasteiger partial charge >= 0.3 is 6.01 Å². The second-order valence-corrected chi connectivity index (χ2v) is 9.32. The van der Waals surface area contributed by atoms with Crippen LogP contribution in [-0.2, 0) is 6.42 Å². The van der Waals surface area contributed by atoms with Gasteiger partial charge in [0.15, 0.2) is 0 Å². The number of nitrogens with zero attached hydrogens (tertiary/aromatic N) is 4. The van der Waals surface area contributed by atoms with Gasteiger partial charge in [-0.1, -0.05) is 0 Å². The number of fused-ring (bicyclic) bond motifs is 1. The van der Waals surface area contributed by atoms with Crippen molar-refractivity contribution in [1.82, 2.24) is 19.9 Å². The van der Waals surface area contributed by atoms with Crippen molar-refractivity contribution < 1.29 is 9.13 Å². The molecule has 5 rings (SSSR count). The fourth-order valence-electron chi connectivity index (χ4n) is 4.81. The summed E-state index contributed by atoms with van der Waals surface area (Å²) in [6, 6.07) is 15.5. The number of benzene rings is 2. The lowest BCUT2D eigenvalue weighted by molar-refractivity contribution is 0.253. The number of ether oxygens (including phenoxy) is 1. The van der Waals surface area contributed by atoms with E-state index in [0.29, 0.717) is 6.01 Å². The van der Waals surface area contributed by atoms with E-state index in [0.717, 1.165) is 80.0 Å². The van der Waals surface area contributed by atoms with Crippen molar-refractivity contribution in [1.29, 1.82) is 0 Å². The van der Waals surface area contributed by atoms with Crippen LogP contribution in [0.2, 0.25) is 0 Å². The van der Waals surface area contributed by atoms with E-state index in [9.17, 15) is 4.39 Å². The summed E-state index contributed by atoms with van der Waals surface area (Å²) in [4.78, 5) is 16.9. The highest BCUT2D eigenvalue weighted by Gasteiger charge is 2.17. The fraction of sp³-hybridized carbons (Fsp3) is 0.357. The number of aryl methyl sites for hydroxylation is 3. The van der Waals surface area contributed by atoms with Crippen LogP contribution in [-0.4, -0.2) is 52.6 Å². The molecule has 1 aliphatic rings. The molecule has 1 N–H and O–H groups in total. The molecule has 0 amide bonds. The van der Waals surface area contributed by atoms with Crippen LogP contribution in [0.4, 0.5) is 10.1 Å². The molecule has 7 heteroatoms. The van der Waals surface area contributed by atoms with Crippen LogP contribution in [0.3, 0.4) is 0 Å². The molecule has 4 aromatic rings. The second kappa shape index (κ2) is 10.4. The highest BCUT2D eigenvalue weighted by molar-refractivity contribution is 5.83. The average molecular weight is 474 g/mol. The highest BCUT2D eigenvalue weighted by atomic mass is 19.1. The first-order chi connectivity index (χ1) is 17.0. The molecule has 2 aromatic heterocycles. The number of H-pyrrole nitrogens is 1. The smallest absolute Gasteiger partial charge is 0.322 e. The van der Waals surface area contributed by atoms with Gasteiger partial charge in [-0.3, -0.25) is 4.90 Å². The molecule has 6 nitrogen and oxygen atoms in total. The highest BCUT2D eigenvalue weighted by Crippen LogP contribution is 2.24. The Hall–Kier alpha value is -3.45. The van der Waals surface area contributed by atoms with Gasteiger partial charge < -0.3 is 14.6 Å². The lowest BCUT2D eigenvalue weighted by Gasteiger charge is -2.36. The van der Waals surface area contributed by atoms with E-state index in [2.05, 4.69) is 36.9 Å². The van der Waals surface area contributed by atoms with Crippen LogP contribution in [0.5, 0.6) is 11.8 Å². The minimum absolute atomic E-state index is 0.172. The second-order valence-electron chi connectivity index (χ2n) is 9.32. The molecule has 2 aromatic carbocycles. The summed E-state index contributed by atoms with van der Waals surface area (Å²) in [6.45, 7) is 9.14. The molecule has 1 aliphatic heterocycles. The van der Waals surface area contributed by atoms with Gasteiger partial charge in [-0.2, -0.15) is 0 Å². The third-order valence-electron chi connectivity index (χ3n) is 6.64. The van der Waals surface area contributed by atoms with Crippen LogP contribution in [0, 0.1) is 19.7 Å². The summed E-state index contributed by atoms with van der Waals surface area (Å²) in [7, 11) is 0. The first-order valence-electron chi connectivity index (χ1n) is 12.4. The fourth-order valence-corrected chi connectivity index (χ4v) is 4.81. The number of hydrogen-bond donors (Lipinski definition) is 1. The van der Waals surface area contributed by atoms with Gasteiger partial charge in [0.1, 0.15) is 11.6 Å². The first-order valence-corrected chi connectivity index (χ1v) is 12.4. The minimum Gasteiger partial charge on any atom is -0.424 e. The summed E-state index contributed by atoms with van der Waals surface area (Å²) in [5.74, 6) is 0.573. The Balaban J connectivity index is 1.06. The third-order valence-corrected chi connectivity index (χ3v) is 6.64. The Morgan fingerprint density at radius 3 is 2.40 bits per heavy atom. The summed E-state index contributed by atoms with van der Waals surface area (Å²) in [6.07, 6.45) is 5.25. The number of piperazine rings is 1. The van der Waals surface area contributed by atoms with Gasteiger partial charge in [-0.25, -0.2) is 14.4 Å². The summed E-state index contributed by atoms with van der Waals surface area (Å²) >= 11 is 0. The zero-order chi connectivity index (χ0) is 24.2. The van der Waals surface area contributed by atoms with Crippen molar-refractivity contribution in [3.8, 4) is 11.8 Å². The van der Waals surface area contributed by atoms with E-state index in [1.54, 1.807) is 6.07 Å². The number of anilines is 1. The monoisotopic (exact) mass is 473 g/mol. The molecule has 35 heavy (non-hydrogen) atoms. The van der Waals surface area contributed by atoms with E-state index in [1.807, 2.05) is 44.3 Å². The number of halogens is 1. The molecule has 1 saturated heterocycles. The lowest BCUT2D eigenvalue weighted by Crippen LogP contribution is -2.46. The summed E-state index contributed by atoms with van der Waals surface area (Å²) in [5.41, 5.74) is 5.23. The Morgan fingerprint density at radius 1 is 0.914 bits per heavy atom. The lowest BCUT2D eigenvalue weighted by atomic mass is 10.1. The van der Waals surface area contributed by atoms with Crippen LogP contribution < -0.4 is 9.64 Å².